The van der Waals surface area contributed by atoms with E-state index in [1.165, 1.54) is 48.5 Å². The molecule has 22 heteroatoms. The smallest absolute Gasteiger partial charge is 0.415 e. The Kier molecular flexibility index (Phi) is 13.2. The molecule has 6 aliphatic rings. The van der Waals surface area contributed by atoms with Gasteiger partial charge >= 0.3 is 12.2 Å². The average Bonchev–Trinajstić information content (AvgIpc) is 4.32. The lowest BCUT2D eigenvalue weighted by Crippen LogP contribution is -2.46. The number of nitro benzene ring substituents is 2. The summed E-state index contributed by atoms with van der Waals surface area (Å²) in [5.41, 5.74) is -0.402. The maximum absolute atomic E-state index is 12.8. The third kappa shape index (κ3) is 9.54. The zero-order valence-electron chi connectivity index (χ0n) is 40.4. The summed E-state index contributed by atoms with van der Waals surface area (Å²) in [6.45, 7) is 1.91. The van der Waals surface area contributed by atoms with Crippen molar-refractivity contribution in [2.24, 2.45) is 11.8 Å². The minimum atomic E-state index is -1.41. The maximum atomic E-state index is 12.8. The summed E-state index contributed by atoms with van der Waals surface area (Å²) >= 11 is 0. The molecule has 392 valence electrons. The van der Waals surface area contributed by atoms with Crippen LogP contribution in [0.2, 0.25) is 0 Å². The Labute approximate surface area is 432 Å². The van der Waals surface area contributed by atoms with Crippen molar-refractivity contribution >= 4 is 23.6 Å². The van der Waals surface area contributed by atoms with Gasteiger partial charge in [-0.15, -0.1) is 0 Å². The lowest BCUT2D eigenvalue weighted by Gasteiger charge is -2.42. The van der Waals surface area contributed by atoms with E-state index in [0.717, 1.165) is 0 Å². The summed E-state index contributed by atoms with van der Waals surface area (Å²) < 4.78 is 54.9. The van der Waals surface area contributed by atoms with E-state index in [1.54, 1.807) is 58.3 Å². The molecule has 2 amide bonds. The summed E-state index contributed by atoms with van der Waals surface area (Å²) in [4.78, 5) is 49.4. The van der Waals surface area contributed by atoms with Crippen LogP contribution in [-0.4, -0.2) is 95.4 Å². The molecule has 0 aliphatic carbocycles. The number of amides is 2. The molecule has 6 aromatic rings. The molecular formula is C54H48N4O18. The van der Waals surface area contributed by atoms with E-state index in [0.29, 0.717) is 120 Å². The second kappa shape index (κ2) is 20.4. The van der Waals surface area contributed by atoms with Crippen molar-refractivity contribution in [3.05, 3.63) is 164 Å². The van der Waals surface area contributed by atoms with E-state index in [2.05, 4.69) is 0 Å². The van der Waals surface area contributed by atoms with Crippen molar-refractivity contribution < 1.29 is 77.0 Å². The van der Waals surface area contributed by atoms with Gasteiger partial charge in [0.15, 0.2) is 46.0 Å². The average molecular weight is 1040 g/mol. The molecule has 0 saturated carbocycles. The third-order valence-corrected chi connectivity index (χ3v) is 14.4. The molecule has 6 aliphatic heterocycles. The number of benzene rings is 6. The zero-order valence-corrected chi connectivity index (χ0v) is 40.4. The Morgan fingerprint density at radius 3 is 0.961 bits per heavy atom. The van der Waals surface area contributed by atoms with Gasteiger partial charge in [-0.1, -0.05) is 24.3 Å². The van der Waals surface area contributed by atoms with Crippen molar-refractivity contribution in [2.75, 3.05) is 53.4 Å². The number of carbonyl (C=O) groups excluding carboxylic acids is 2. The minimum Gasteiger partial charge on any atom is -0.454 e. The molecule has 0 atom stereocenters. The molecule has 0 unspecified atom stereocenters. The van der Waals surface area contributed by atoms with Crippen molar-refractivity contribution in [3.8, 4) is 57.5 Å². The first kappa shape index (κ1) is 49.2. The molecule has 0 spiro atoms. The number of hydrogen-bond acceptors (Lipinski definition) is 18. The molecule has 0 radical (unpaired) electrons. The van der Waals surface area contributed by atoms with Crippen LogP contribution in [0.15, 0.2) is 121 Å². The first-order chi connectivity index (χ1) is 36.8. The van der Waals surface area contributed by atoms with Crippen LogP contribution in [-0.2, 0) is 11.2 Å². The molecule has 2 saturated heterocycles. The number of nitrogens with zero attached hydrogens (tertiary/aromatic N) is 4. The molecule has 76 heavy (non-hydrogen) atoms. The second-order valence-corrected chi connectivity index (χ2v) is 18.6. The highest BCUT2D eigenvalue weighted by Crippen LogP contribution is 2.49. The largest absolute Gasteiger partial charge is 0.454 e. The van der Waals surface area contributed by atoms with Gasteiger partial charge in [-0.3, -0.25) is 20.2 Å². The van der Waals surface area contributed by atoms with Crippen LogP contribution < -0.4 is 47.4 Å². The van der Waals surface area contributed by atoms with Gasteiger partial charge in [-0.05, 0) is 133 Å². The van der Waals surface area contributed by atoms with E-state index in [-0.39, 0.29) is 61.9 Å². The number of hydrogen-bond donors (Lipinski definition) is 2. The number of rotatable bonds is 10. The number of ether oxygens (including phenoxy) is 10. The maximum Gasteiger partial charge on any atom is 0.415 e. The van der Waals surface area contributed by atoms with Crippen LogP contribution in [0.5, 0.6) is 57.5 Å². The van der Waals surface area contributed by atoms with Crippen LogP contribution in [0.4, 0.5) is 21.0 Å². The van der Waals surface area contributed by atoms with Crippen LogP contribution in [0, 0.1) is 32.1 Å². The second-order valence-electron chi connectivity index (χ2n) is 18.6. The highest BCUT2D eigenvalue weighted by Gasteiger charge is 2.46. The quantitative estimate of drug-likeness (QED) is 0.0963. The van der Waals surface area contributed by atoms with Gasteiger partial charge in [-0.2, -0.15) is 0 Å². The number of non-ortho nitro benzene ring substituents is 2. The fourth-order valence-corrected chi connectivity index (χ4v) is 10.4. The summed E-state index contributed by atoms with van der Waals surface area (Å²) in [7, 11) is 0. The highest BCUT2D eigenvalue weighted by atomic mass is 16.7. The topological polar surface area (TPSA) is 260 Å². The van der Waals surface area contributed by atoms with Gasteiger partial charge in [0.2, 0.25) is 27.2 Å². The van der Waals surface area contributed by atoms with Crippen LogP contribution in [0.25, 0.3) is 0 Å². The Morgan fingerprint density at radius 1 is 0.434 bits per heavy atom. The molecule has 0 aromatic heterocycles. The Balaban J connectivity index is 0.000000162. The fraction of sp³-hybridized carbons (Fsp3) is 0.296. The Hall–Kier alpha value is -9.02. The number of nitro groups is 2. The Morgan fingerprint density at radius 2 is 0.697 bits per heavy atom. The standard InChI is InChI=1S/2C27H24N2O9/c2*30-26(38-21-5-3-20(4-6-21)29(32)33)28-11-9-17(10-12-28)27(31,18-1-7-22-24(13-18)36-15-34-22)19-2-8-23-25(14-19)37-16-35-23/h2*1-8,13-14,17,31H,9-12,15-16H2. The lowest BCUT2D eigenvalue weighted by molar-refractivity contribution is -0.385. The summed E-state index contributed by atoms with van der Waals surface area (Å²) in [6, 6.07) is 32.3. The van der Waals surface area contributed by atoms with Crippen LogP contribution >= 0.6 is 0 Å². The SMILES string of the molecule is O=C(Oc1ccc([N+](=O)[O-])cc1)N1CCC(C(O)(c2ccc3c(c2)OCO3)c2ccc3c(c2)OCO3)CC1.O=C(Oc1ccc([N+](=O)[O-])cc1)N1CCC(C(O)(c2ccc3c(c2)OCO3)c2ccc3c(c2)OCO3)CC1. The van der Waals surface area contributed by atoms with Gasteiger partial charge in [-0.25, -0.2) is 9.59 Å². The summed E-state index contributed by atoms with van der Waals surface area (Å²) in [5.74, 6) is 4.67. The van der Waals surface area contributed by atoms with E-state index in [9.17, 15) is 40.0 Å². The number of aliphatic hydroxyl groups is 2. The predicted octanol–water partition coefficient (Wildman–Crippen LogP) is 8.40. The monoisotopic (exact) mass is 1040 g/mol. The first-order valence-corrected chi connectivity index (χ1v) is 24.3. The van der Waals surface area contributed by atoms with Gasteiger partial charge in [0.25, 0.3) is 11.4 Å². The fourth-order valence-electron chi connectivity index (χ4n) is 10.4. The number of piperidine rings is 2. The third-order valence-electron chi connectivity index (χ3n) is 14.4. The van der Waals surface area contributed by atoms with Gasteiger partial charge in [0.1, 0.15) is 22.7 Å². The molecule has 2 N–H and O–H groups in total. The van der Waals surface area contributed by atoms with Crippen molar-refractivity contribution in [3.63, 3.8) is 0 Å². The number of fused-ring (bicyclic) bond motifs is 4. The zero-order chi connectivity index (χ0) is 52.6. The Bertz CT molecular complexity index is 2870. The number of likely N-dealkylation sites (tertiary alicyclic amines) is 2. The summed E-state index contributed by atoms with van der Waals surface area (Å²) in [6.07, 6.45) is 0.881. The first-order valence-electron chi connectivity index (χ1n) is 24.3. The molecule has 6 aromatic carbocycles. The van der Waals surface area contributed by atoms with E-state index < -0.39 is 33.2 Å². The highest BCUT2D eigenvalue weighted by molar-refractivity contribution is 5.71. The minimum absolute atomic E-state index is 0.0862. The molecular weight excluding hydrogens is 993 g/mol. The number of carbonyl (C=O) groups is 2. The van der Waals surface area contributed by atoms with E-state index in [4.69, 9.17) is 47.4 Å². The molecule has 12 rings (SSSR count). The van der Waals surface area contributed by atoms with Crippen LogP contribution in [0.1, 0.15) is 47.9 Å². The molecule has 2 fully saturated rings. The predicted molar refractivity (Wildman–Crippen MR) is 263 cm³/mol. The van der Waals surface area contributed by atoms with Crippen LogP contribution in [0.3, 0.4) is 0 Å². The van der Waals surface area contributed by atoms with Gasteiger partial charge < -0.3 is 67.4 Å². The lowest BCUT2D eigenvalue weighted by atomic mass is 9.72. The summed E-state index contributed by atoms with van der Waals surface area (Å²) in [5, 5.41) is 46.5. The molecule has 22 nitrogen and oxygen atoms in total. The molecule has 0 bridgehead atoms. The molecule has 6 heterocycles. The van der Waals surface area contributed by atoms with Crippen molar-refractivity contribution in [1.29, 1.82) is 0 Å². The van der Waals surface area contributed by atoms with Crippen molar-refractivity contribution in [2.45, 2.75) is 36.9 Å². The normalized spacial score (nSPS) is 16.4. The van der Waals surface area contributed by atoms with E-state index in [1.807, 2.05) is 24.3 Å². The van der Waals surface area contributed by atoms with Crippen molar-refractivity contribution in [1.82, 2.24) is 9.80 Å². The van der Waals surface area contributed by atoms with Gasteiger partial charge in [0.05, 0.1) is 9.85 Å². The van der Waals surface area contributed by atoms with Gasteiger partial charge in [0, 0.05) is 50.4 Å². The van der Waals surface area contributed by atoms with E-state index >= 15 is 0 Å².